The van der Waals surface area contributed by atoms with Crippen molar-refractivity contribution in [3.63, 3.8) is 0 Å². The quantitative estimate of drug-likeness (QED) is 0.562. The largest absolute Gasteiger partial charge is 0.370 e. The number of aromatic nitrogens is 1. The first kappa shape index (κ1) is 16.7. The molecule has 2 rings (SSSR count). The summed E-state index contributed by atoms with van der Waals surface area (Å²) in [6, 6.07) is 10.5. The molecule has 0 spiro atoms. The van der Waals surface area contributed by atoms with Gasteiger partial charge in [0.05, 0.1) is 0 Å². The van der Waals surface area contributed by atoms with Crippen molar-refractivity contribution >= 4 is 22.8 Å². The molecule has 0 saturated heterocycles. The number of carbonyl (C=O) groups is 1. The summed E-state index contributed by atoms with van der Waals surface area (Å²) in [6.07, 6.45) is 2.07. The van der Waals surface area contributed by atoms with Crippen LogP contribution in [0.3, 0.4) is 0 Å². The first-order chi connectivity index (χ1) is 9.00. The lowest BCUT2D eigenvalue weighted by molar-refractivity contribution is -0.115. The third-order valence-electron chi connectivity index (χ3n) is 2.08. The zero-order valence-electron chi connectivity index (χ0n) is 11.9. The van der Waals surface area contributed by atoms with Gasteiger partial charge in [-0.3, -0.25) is 4.79 Å². The Labute approximate surface area is 113 Å². The molecule has 1 heterocycles. The second-order valence-corrected chi connectivity index (χ2v) is 3.54. The summed E-state index contributed by atoms with van der Waals surface area (Å²) >= 11 is 0. The van der Waals surface area contributed by atoms with Gasteiger partial charge in [-0.05, 0) is 17.5 Å². The summed E-state index contributed by atoms with van der Waals surface area (Å²) in [7, 11) is 2.06. The van der Waals surface area contributed by atoms with Gasteiger partial charge in [0.25, 0.3) is 0 Å². The van der Waals surface area contributed by atoms with Gasteiger partial charge in [-0.15, -0.1) is 0 Å². The van der Waals surface area contributed by atoms with Gasteiger partial charge in [0, 0.05) is 25.7 Å². The van der Waals surface area contributed by atoms with Crippen LogP contribution >= 0.6 is 0 Å². The maximum Gasteiger partial charge on any atom is 0.245 e. The monoisotopic (exact) mass is 262 g/mol. The summed E-state index contributed by atoms with van der Waals surface area (Å²) in [5, 5.41) is 1.31. The molecule has 0 fully saturated rings. The molecule has 0 bridgehead atoms. The molecule has 0 saturated carbocycles. The zero-order chi connectivity index (χ0) is 14.8. The highest BCUT2D eigenvalue weighted by atomic mass is 16.1. The summed E-state index contributed by atoms with van der Waals surface area (Å²) in [5.41, 5.74) is 10.9. The highest BCUT2D eigenvalue weighted by Gasteiger charge is 1.92. The van der Waals surface area contributed by atoms with Gasteiger partial charge in [0.1, 0.15) is 0 Å². The molecular formula is C14H22N4O. The molecular weight excluding hydrogens is 240 g/mol. The van der Waals surface area contributed by atoms with E-state index in [1.165, 1.54) is 17.8 Å². The Morgan fingerprint density at radius 2 is 1.74 bits per heavy atom. The molecule has 1 aromatic heterocycles. The number of para-hydroxylation sites is 1. The molecule has 1 aromatic carbocycles. The highest BCUT2D eigenvalue weighted by molar-refractivity contribution is 5.90. The van der Waals surface area contributed by atoms with Crippen LogP contribution in [-0.4, -0.2) is 16.4 Å². The van der Waals surface area contributed by atoms with Gasteiger partial charge in [0.2, 0.25) is 5.91 Å². The van der Waals surface area contributed by atoms with E-state index in [-0.39, 0.29) is 11.9 Å². The Kier molecular flexibility index (Phi) is 7.68. The number of nitrogens with two attached hydrogens (primary N) is 2. The fourth-order valence-corrected chi connectivity index (χ4v) is 1.40. The van der Waals surface area contributed by atoms with E-state index in [1.807, 2.05) is 13.8 Å². The fourth-order valence-electron chi connectivity index (χ4n) is 1.40. The number of fused-ring (bicyclic) bond motifs is 1. The van der Waals surface area contributed by atoms with Crippen LogP contribution in [0.2, 0.25) is 0 Å². The van der Waals surface area contributed by atoms with Gasteiger partial charge in [-0.1, -0.05) is 32.0 Å². The molecule has 0 radical (unpaired) electrons. The second kappa shape index (κ2) is 8.74. The van der Waals surface area contributed by atoms with Gasteiger partial charge >= 0.3 is 0 Å². The first-order valence-electron chi connectivity index (χ1n) is 6.11. The molecule has 1 amide bonds. The molecule has 0 unspecified atom stereocenters. The Morgan fingerprint density at radius 3 is 2.16 bits per heavy atom. The molecule has 19 heavy (non-hydrogen) atoms. The normalized spacial score (nSPS) is 8.63. The summed E-state index contributed by atoms with van der Waals surface area (Å²) < 4.78 is 2.12. The number of aliphatic imine (C=N–C) groups is 1. The van der Waals surface area contributed by atoms with Crippen molar-refractivity contribution in [3.05, 3.63) is 36.5 Å². The van der Waals surface area contributed by atoms with E-state index >= 15 is 0 Å². The average molecular weight is 262 g/mol. The Bertz CT molecular complexity index is 539. The molecule has 2 aromatic rings. The minimum absolute atomic E-state index is 0.187. The van der Waals surface area contributed by atoms with Crippen molar-refractivity contribution in [2.75, 3.05) is 0 Å². The maximum atomic E-state index is 9.91. The van der Waals surface area contributed by atoms with Crippen LogP contribution in [-0.2, 0) is 11.8 Å². The summed E-state index contributed by atoms with van der Waals surface area (Å²) in [4.78, 5) is 13.0. The third-order valence-corrected chi connectivity index (χ3v) is 2.08. The SMILES string of the molecule is CC.CC(=O)N=C(N)N.Cn1ccc2ccccc21. The lowest BCUT2D eigenvalue weighted by atomic mass is 10.2. The minimum atomic E-state index is -0.375. The van der Waals surface area contributed by atoms with Crippen LogP contribution in [0.5, 0.6) is 0 Å². The van der Waals surface area contributed by atoms with E-state index in [1.54, 1.807) is 0 Å². The highest BCUT2D eigenvalue weighted by Crippen LogP contribution is 2.12. The Balaban J connectivity index is 0.000000321. The van der Waals surface area contributed by atoms with Crippen molar-refractivity contribution in [2.45, 2.75) is 20.8 Å². The lowest BCUT2D eigenvalue weighted by Gasteiger charge is -1.92. The van der Waals surface area contributed by atoms with Crippen LogP contribution in [0, 0.1) is 0 Å². The van der Waals surface area contributed by atoms with Gasteiger partial charge in [-0.25, -0.2) is 0 Å². The van der Waals surface area contributed by atoms with E-state index in [2.05, 4.69) is 53.1 Å². The Morgan fingerprint density at radius 1 is 1.16 bits per heavy atom. The first-order valence-corrected chi connectivity index (χ1v) is 6.11. The summed E-state index contributed by atoms with van der Waals surface area (Å²) in [5.74, 6) is -0.562. The van der Waals surface area contributed by atoms with Crippen LogP contribution in [0.25, 0.3) is 10.9 Å². The van der Waals surface area contributed by atoms with E-state index in [0.29, 0.717) is 0 Å². The van der Waals surface area contributed by atoms with Crippen LogP contribution in [0.15, 0.2) is 41.5 Å². The number of benzene rings is 1. The molecule has 0 aliphatic rings. The van der Waals surface area contributed by atoms with Crippen LogP contribution in [0.1, 0.15) is 20.8 Å². The predicted molar refractivity (Wildman–Crippen MR) is 80.8 cm³/mol. The molecule has 0 atom stereocenters. The lowest BCUT2D eigenvalue weighted by Crippen LogP contribution is -2.23. The van der Waals surface area contributed by atoms with Crippen molar-refractivity contribution in [3.8, 4) is 0 Å². The number of hydrogen-bond acceptors (Lipinski definition) is 1. The van der Waals surface area contributed by atoms with Crippen molar-refractivity contribution in [1.82, 2.24) is 4.57 Å². The number of guanidine groups is 1. The second-order valence-electron chi connectivity index (χ2n) is 3.54. The number of hydrogen-bond donors (Lipinski definition) is 2. The topological polar surface area (TPSA) is 86.4 Å². The molecule has 4 N–H and O–H groups in total. The van der Waals surface area contributed by atoms with Crippen LogP contribution in [0.4, 0.5) is 0 Å². The number of rotatable bonds is 0. The van der Waals surface area contributed by atoms with E-state index < -0.39 is 0 Å². The van der Waals surface area contributed by atoms with Crippen molar-refractivity contribution < 1.29 is 4.79 Å². The number of carbonyl (C=O) groups excluding carboxylic acids is 1. The average Bonchev–Trinajstić information content (AvgIpc) is 2.73. The number of aryl methyl sites for hydroxylation is 1. The molecule has 5 nitrogen and oxygen atoms in total. The maximum absolute atomic E-state index is 9.91. The number of nitrogens with zero attached hydrogens (tertiary/aromatic N) is 2. The van der Waals surface area contributed by atoms with Crippen molar-refractivity contribution in [2.24, 2.45) is 23.5 Å². The van der Waals surface area contributed by atoms with Crippen molar-refractivity contribution in [1.29, 1.82) is 0 Å². The van der Waals surface area contributed by atoms with Gasteiger partial charge < -0.3 is 16.0 Å². The predicted octanol–water partition coefficient (Wildman–Crippen LogP) is 2.01. The fraction of sp³-hybridized carbons (Fsp3) is 0.286. The van der Waals surface area contributed by atoms with Gasteiger partial charge in [-0.2, -0.15) is 4.99 Å². The van der Waals surface area contributed by atoms with E-state index in [0.717, 1.165) is 0 Å². The Hall–Kier alpha value is -2.30. The van der Waals surface area contributed by atoms with Gasteiger partial charge in [0.15, 0.2) is 5.96 Å². The smallest absolute Gasteiger partial charge is 0.245 e. The molecule has 5 heteroatoms. The molecule has 0 aliphatic carbocycles. The number of amides is 1. The zero-order valence-corrected chi connectivity index (χ0v) is 11.9. The standard InChI is InChI=1S/C9H9N.C3H7N3O.C2H6/c1-10-7-6-8-4-2-3-5-9(8)10;1-2(7)6-3(4)5;1-2/h2-7H,1H3;1H3,(H4,4,5,6,7);1-2H3. The molecule has 0 aliphatic heterocycles. The summed E-state index contributed by atoms with van der Waals surface area (Å²) in [6.45, 7) is 5.28. The van der Waals surface area contributed by atoms with E-state index in [9.17, 15) is 4.79 Å². The molecule has 104 valence electrons. The third kappa shape index (κ3) is 6.26. The minimum Gasteiger partial charge on any atom is -0.370 e. The van der Waals surface area contributed by atoms with E-state index in [4.69, 9.17) is 11.5 Å². The van der Waals surface area contributed by atoms with Crippen LogP contribution < -0.4 is 11.5 Å².